The molecule has 0 saturated heterocycles. The molecule has 1 aliphatic heterocycles. The van der Waals surface area contributed by atoms with Crippen LogP contribution in [-0.4, -0.2) is 25.2 Å². The molecular weight excluding hydrogens is 220 g/mol. The van der Waals surface area contributed by atoms with E-state index in [1.807, 2.05) is 19.9 Å². The largest absolute Gasteiger partial charge is 0.476 e. The van der Waals surface area contributed by atoms with Crippen molar-refractivity contribution < 1.29 is 14.3 Å². The number of benzene rings is 1. The third-order valence-electron chi connectivity index (χ3n) is 2.58. The second-order valence-electron chi connectivity index (χ2n) is 3.97. The monoisotopic (exact) mass is 236 g/mol. The summed E-state index contributed by atoms with van der Waals surface area (Å²) < 4.78 is 10.9. The highest BCUT2D eigenvalue weighted by Gasteiger charge is 2.28. The molecule has 1 aromatic rings. The first-order valence-corrected chi connectivity index (χ1v) is 5.57. The lowest BCUT2D eigenvalue weighted by molar-refractivity contribution is -0.126. The SMILES string of the molecule is CCOCC1Oc2c(C)cc(N)cc2NC1=O. The van der Waals surface area contributed by atoms with E-state index < -0.39 is 6.10 Å². The van der Waals surface area contributed by atoms with Gasteiger partial charge in [-0.05, 0) is 31.5 Å². The molecule has 0 aromatic heterocycles. The van der Waals surface area contributed by atoms with E-state index in [1.165, 1.54) is 0 Å². The van der Waals surface area contributed by atoms with Crippen molar-refractivity contribution in [2.24, 2.45) is 0 Å². The minimum absolute atomic E-state index is 0.198. The number of hydrogen-bond acceptors (Lipinski definition) is 4. The fourth-order valence-corrected chi connectivity index (χ4v) is 1.79. The van der Waals surface area contributed by atoms with E-state index >= 15 is 0 Å². The molecule has 0 aliphatic carbocycles. The molecule has 17 heavy (non-hydrogen) atoms. The molecule has 1 aliphatic rings. The van der Waals surface area contributed by atoms with Gasteiger partial charge in [0.1, 0.15) is 5.75 Å². The molecule has 1 atom stereocenters. The fourth-order valence-electron chi connectivity index (χ4n) is 1.79. The molecule has 0 fully saturated rings. The summed E-state index contributed by atoms with van der Waals surface area (Å²) in [6.45, 7) is 4.58. The van der Waals surface area contributed by atoms with Gasteiger partial charge in [0, 0.05) is 12.3 Å². The van der Waals surface area contributed by atoms with E-state index in [9.17, 15) is 4.79 Å². The van der Waals surface area contributed by atoms with Crippen LogP contribution in [0.5, 0.6) is 5.75 Å². The quantitative estimate of drug-likeness (QED) is 0.776. The Labute approximate surface area is 99.9 Å². The van der Waals surface area contributed by atoms with Crippen molar-refractivity contribution in [1.29, 1.82) is 0 Å². The van der Waals surface area contributed by atoms with Crippen molar-refractivity contribution in [2.75, 3.05) is 24.3 Å². The first-order chi connectivity index (χ1) is 8.11. The molecule has 1 unspecified atom stereocenters. The molecule has 1 aromatic carbocycles. The van der Waals surface area contributed by atoms with Crippen LogP contribution >= 0.6 is 0 Å². The van der Waals surface area contributed by atoms with Crippen molar-refractivity contribution in [3.8, 4) is 5.75 Å². The van der Waals surface area contributed by atoms with Crippen LogP contribution in [0, 0.1) is 6.92 Å². The number of rotatable bonds is 3. The van der Waals surface area contributed by atoms with Crippen LogP contribution in [0.15, 0.2) is 12.1 Å². The van der Waals surface area contributed by atoms with Crippen LogP contribution in [0.25, 0.3) is 0 Å². The van der Waals surface area contributed by atoms with Gasteiger partial charge in [-0.2, -0.15) is 0 Å². The first kappa shape index (κ1) is 11.7. The van der Waals surface area contributed by atoms with Crippen LogP contribution in [-0.2, 0) is 9.53 Å². The molecule has 2 rings (SSSR count). The number of nitrogen functional groups attached to an aromatic ring is 1. The number of ether oxygens (including phenoxy) is 2. The Morgan fingerprint density at radius 2 is 2.29 bits per heavy atom. The van der Waals surface area contributed by atoms with E-state index in [1.54, 1.807) is 6.07 Å². The topological polar surface area (TPSA) is 73.6 Å². The lowest BCUT2D eigenvalue weighted by Crippen LogP contribution is -2.40. The number of aryl methyl sites for hydroxylation is 1. The fraction of sp³-hybridized carbons (Fsp3) is 0.417. The zero-order chi connectivity index (χ0) is 12.4. The maximum Gasteiger partial charge on any atom is 0.267 e. The van der Waals surface area contributed by atoms with Crippen LogP contribution in [0.3, 0.4) is 0 Å². The van der Waals surface area contributed by atoms with Gasteiger partial charge in [0.05, 0.1) is 12.3 Å². The maximum absolute atomic E-state index is 11.7. The molecular formula is C12H16N2O3. The highest BCUT2D eigenvalue weighted by Crippen LogP contribution is 2.35. The molecule has 0 saturated carbocycles. The minimum Gasteiger partial charge on any atom is -0.476 e. The number of hydrogen-bond donors (Lipinski definition) is 2. The van der Waals surface area contributed by atoms with E-state index in [2.05, 4.69) is 5.32 Å². The van der Waals surface area contributed by atoms with Gasteiger partial charge in [0.25, 0.3) is 5.91 Å². The normalized spacial score (nSPS) is 18.2. The Morgan fingerprint density at radius 3 is 3.00 bits per heavy atom. The molecule has 0 spiro atoms. The average molecular weight is 236 g/mol. The minimum atomic E-state index is -0.593. The predicted octanol–water partition coefficient (Wildman–Crippen LogP) is 1.31. The van der Waals surface area contributed by atoms with E-state index in [4.69, 9.17) is 15.2 Å². The summed E-state index contributed by atoms with van der Waals surface area (Å²) in [7, 11) is 0. The van der Waals surface area contributed by atoms with Crippen molar-refractivity contribution in [1.82, 2.24) is 0 Å². The maximum atomic E-state index is 11.7. The summed E-state index contributed by atoms with van der Waals surface area (Å²) >= 11 is 0. The number of nitrogens with one attached hydrogen (secondary N) is 1. The second kappa shape index (κ2) is 4.63. The van der Waals surface area contributed by atoms with Crippen molar-refractivity contribution in [2.45, 2.75) is 20.0 Å². The number of fused-ring (bicyclic) bond motifs is 1. The van der Waals surface area contributed by atoms with Gasteiger partial charge in [-0.1, -0.05) is 0 Å². The summed E-state index contributed by atoms with van der Waals surface area (Å²) in [6.07, 6.45) is -0.593. The van der Waals surface area contributed by atoms with Crippen LogP contribution in [0.2, 0.25) is 0 Å². The highest BCUT2D eigenvalue weighted by atomic mass is 16.5. The zero-order valence-corrected chi connectivity index (χ0v) is 9.95. The Hall–Kier alpha value is -1.75. The first-order valence-electron chi connectivity index (χ1n) is 5.57. The van der Waals surface area contributed by atoms with E-state index in [-0.39, 0.29) is 12.5 Å². The van der Waals surface area contributed by atoms with Gasteiger partial charge in [-0.15, -0.1) is 0 Å². The van der Waals surface area contributed by atoms with Gasteiger partial charge >= 0.3 is 0 Å². The van der Waals surface area contributed by atoms with E-state index in [0.29, 0.717) is 23.7 Å². The van der Waals surface area contributed by atoms with Gasteiger partial charge in [0.15, 0.2) is 0 Å². The zero-order valence-electron chi connectivity index (χ0n) is 9.95. The average Bonchev–Trinajstić information content (AvgIpc) is 2.26. The van der Waals surface area contributed by atoms with Gasteiger partial charge in [0.2, 0.25) is 6.10 Å². The van der Waals surface area contributed by atoms with Crippen LogP contribution < -0.4 is 15.8 Å². The summed E-state index contributed by atoms with van der Waals surface area (Å²) in [4.78, 5) is 11.7. The summed E-state index contributed by atoms with van der Waals surface area (Å²) in [5, 5.41) is 2.78. The molecule has 92 valence electrons. The standard InChI is InChI=1S/C12H16N2O3/c1-3-16-6-10-12(15)14-9-5-8(13)4-7(2)11(9)17-10/h4-5,10H,3,6,13H2,1-2H3,(H,14,15). The second-order valence-corrected chi connectivity index (χ2v) is 3.97. The Morgan fingerprint density at radius 1 is 1.53 bits per heavy atom. The smallest absolute Gasteiger partial charge is 0.267 e. The molecule has 5 heteroatoms. The van der Waals surface area contributed by atoms with Gasteiger partial charge in [-0.3, -0.25) is 4.79 Å². The molecule has 0 radical (unpaired) electrons. The highest BCUT2D eigenvalue weighted by molar-refractivity contribution is 5.98. The number of nitrogens with two attached hydrogens (primary N) is 1. The Kier molecular flexibility index (Phi) is 3.19. The number of carbonyl (C=O) groups is 1. The number of carbonyl (C=O) groups excluding carboxylic acids is 1. The molecule has 1 amide bonds. The van der Waals surface area contributed by atoms with Crippen LogP contribution in [0.1, 0.15) is 12.5 Å². The predicted molar refractivity (Wildman–Crippen MR) is 65.1 cm³/mol. The summed E-state index contributed by atoms with van der Waals surface area (Å²) in [6, 6.07) is 3.51. The number of anilines is 2. The summed E-state index contributed by atoms with van der Waals surface area (Å²) in [5.74, 6) is 0.472. The van der Waals surface area contributed by atoms with Gasteiger partial charge in [-0.25, -0.2) is 0 Å². The molecule has 5 nitrogen and oxygen atoms in total. The molecule has 3 N–H and O–H groups in total. The van der Waals surface area contributed by atoms with Crippen molar-refractivity contribution in [3.05, 3.63) is 17.7 Å². The van der Waals surface area contributed by atoms with Crippen LogP contribution in [0.4, 0.5) is 11.4 Å². The third-order valence-corrected chi connectivity index (χ3v) is 2.58. The third kappa shape index (κ3) is 2.34. The van der Waals surface area contributed by atoms with E-state index in [0.717, 1.165) is 5.56 Å². The number of amides is 1. The molecule has 0 bridgehead atoms. The van der Waals surface area contributed by atoms with Crippen molar-refractivity contribution >= 4 is 17.3 Å². The van der Waals surface area contributed by atoms with Crippen molar-refractivity contribution in [3.63, 3.8) is 0 Å². The lowest BCUT2D eigenvalue weighted by Gasteiger charge is -2.27. The Bertz CT molecular complexity index is 446. The lowest BCUT2D eigenvalue weighted by atomic mass is 10.1. The summed E-state index contributed by atoms with van der Waals surface area (Å²) in [5.41, 5.74) is 7.85. The Balaban J connectivity index is 2.25. The molecule has 1 heterocycles. The van der Waals surface area contributed by atoms with Gasteiger partial charge < -0.3 is 20.5 Å².